The molecule has 6 heteroatoms. The lowest BCUT2D eigenvalue weighted by Gasteiger charge is -2.44. The molecule has 2 rings (SSSR count). The van der Waals surface area contributed by atoms with Crippen molar-refractivity contribution in [1.29, 1.82) is 0 Å². The lowest BCUT2D eigenvalue weighted by Crippen LogP contribution is -2.45. The third kappa shape index (κ3) is 3.43. The van der Waals surface area contributed by atoms with Gasteiger partial charge in [-0.2, -0.15) is 0 Å². The third-order valence-corrected chi connectivity index (χ3v) is 4.26. The van der Waals surface area contributed by atoms with E-state index in [1.54, 1.807) is 6.07 Å². The van der Waals surface area contributed by atoms with Gasteiger partial charge in [-0.25, -0.2) is 0 Å². The SMILES string of the molecule is CC(=O)NCC1c2c(ccc(O)c2O)C(CN)OC1C(C)(C)C. The number of carbonyl (C=O) groups excluding carboxylic acids is 1. The summed E-state index contributed by atoms with van der Waals surface area (Å²) in [7, 11) is 0. The number of aromatic hydroxyl groups is 2. The summed E-state index contributed by atoms with van der Waals surface area (Å²) < 4.78 is 6.20. The summed E-state index contributed by atoms with van der Waals surface area (Å²) in [5.41, 5.74) is 6.98. The summed E-state index contributed by atoms with van der Waals surface area (Å²) in [6.45, 7) is 8.15. The van der Waals surface area contributed by atoms with E-state index in [0.29, 0.717) is 12.1 Å². The Labute approximate surface area is 136 Å². The van der Waals surface area contributed by atoms with Crippen molar-refractivity contribution in [1.82, 2.24) is 5.32 Å². The highest BCUT2D eigenvalue weighted by Gasteiger charge is 2.43. The summed E-state index contributed by atoms with van der Waals surface area (Å²) >= 11 is 0. The third-order valence-electron chi connectivity index (χ3n) is 4.26. The van der Waals surface area contributed by atoms with Crippen molar-refractivity contribution >= 4 is 5.91 Å². The Morgan fingerprint density at radius 3 is 2.52 bits per heavy atom. The number of hydrogen-bond acceptors (Lipinski definition) is 5. The second-order valence-corrected chi connectivity index (χ2v) is 7.13. The Kier molecular flexibility index (Phi) is 4.87. The van der Waals surface area contributed by atoms with Crippen LogP contribution in [0.1, 0.15) is 50.8 Å². The van der Waals surface area contributed by atoms with Crippen LogP contribution in [0.3, 0.4) is 0 Å². The number of phenols is 2. The topological polar surface area (TPSA) is 105 Å². The predicted molar refractivity (Wildman–Crippen MR) is 87.3 cm³/mol. The van der Waals surface area contributed by atoms with Crippen molar-refractivity contribution in [3.63, 3.8) is 0 Å². The van der Waals surface area contributed by atoms with Crippen molar-refractivity contribution in [3.05, 3.63) is 23.3 Å². The Bertz CT molecular complexity index is 595. The number of hydrogen-bond donors (Lipinski definition) is 4. The Morgan fingerprint density at radius 2 is 2.00 bits per heavy atom. The van der Waals surface area contributed by atoms with Crippen LogP contribution in [0.4, 0.5) is 0 Å². The summed E-state index contributed by atoms with van der Waals surface area (Å²) in [6.07, 6.45) is -0.614. The molecule has 1 aliphatic heterocycles. The van der Waals surface area contributed by atoms with E-state index in [-0.39, 0.29) is 47.5 Å². The second kappa shape index (κ2) is 6.37. The van der Waals surface area contributed by atoms with Gasteiger partial charge in [0, 0.05) is 31.5 Å². The van der Waals surface area contributed by atoms with Gasteiger partial charge < -0.3 is 26.0 Å². The fraction of sp³-hybridized carbons (Fsp3) is 0.588. The quantitative estimate of drug-likeness (QED) is 0.635. The zero-order chi connectivity index (χ0) is 17.4. The number of rotatable bonds is 3. The molecule has 0 saturated heterocycles. The molecule has 6 nitrogen and oxygen atoms in total. The lowest BCUT2D eigenvalue weighted by atomic mass is 9.74. The van der Waals surface area contributed by atoms with E-state index in [1.165, 1.54) is 13.0 Å². The molecule has 1 amide bonds. The minimum Gasteiger partial charge on any atom is -0.504 e. The van der Waals surface area contributed by atoms with E-state index < -0.39 is 0 Å². The van der Waals surface area contributed by atoms with Crippen LogP contribution in [-0.4, -0.2) is 35.3 Å². The number of carbonyl (C=O) groups is 1. The van der Waals surface area contributed by atoms with Crippen LogP contribution in [0.15, 0.2) is 12.1 Å². The molecule has 5 N–H and O–H groups in total. The maximum absolute atomic E-state index is 11.3. The van der Waals surface area contributed by atoms with Gasteiger partial charge in [0.2, 0.25) is 5.91 Å². The van der Waals surface area contributed by atoms with Crippen LogP contribution in [0.25, 0.3) is 0 Å². The highest BCUT2D eigenvalue weighted by molar-refractivity contribution is 5.73. The van der Waals surface area contributed by atoms with Crippen molar-refractivity contribution < 1.29 is 19.7 Å². The Balaban J connectivity index is 2.57. The van der Waals surface area contributed by atoms with Crippen molar-refractivity contribution in [2.45, 2.75) is 45.8 Å². The summed E-state index contributed by atoms with van der Waals surface area (Å²) in [5.74, 6) is -0.764. The molecule has 1 aromatic rings. The van der Waals surface area contributed by atoms with Crippen LogP contribution < -0.4 is 11.1 Å². The smallest absolute Gasteiger partial charge is 0.216 e. The Morgan fingerprint density at radius 1 is 1.35 bits per heavy atom. The molecule has 3 atom stereocenters. The minimum atomic E-state index is -0.352. The molecular weight excluding hydrogens is 296 g/mol. The van der Waals surface area contributed by atoms with Gasteiger partial charge in [-0.1, -0.05) is 26.8 Å². The molecule has 1 heterocycles. The monoisotopic (exact) mass is 322 g/mol. The molecule has 1 aliphatic rings. The predicted octanol–water partition coefficient (Wildman–Crippen LogP) is 1.76. The molecule has 0 spiro atoms. The van der Waals surface area contributed by atoms with Gasteiger partial charge in [0.05, 0.1) is 12.2 Å². The summed E-state index contributed by atoms with van der Waals surface area (Å²) in [5, 5.41) is 23.1. The fourth-order valence-electron chi connectivity index (χ4n) is 3.23. The molecule has 0 radical (unpaired) electrons. The maximum Gasteiger partial charge on any atom is 0.216 e. The minimum absolute atomic E-state index is 0.153. The number of nitrogens with one attached hydrogen (secondary N) is 1. The molecule has 0 bridgehead atoms. The highest BCUT2D eigenvalue weighted by atomic mass is 16.5. The van der Waals surface area contributed by atoms with Crippen molar-refractivity contribution in [2.24, 2.45) is 11.1 Å². The summed E-state index contributed by atoms with van der Waals surface area (Å²) in [6, 6.07) is 3.16. The van der Waals surface area contributed by atoms with Crippen LogP contribution in [0.2, 0.25) is 0 Å². The second-order valence-electron chi connectivity index (χ2n) is 7.13. The standard InChI is InChI=1S/C17H26N2O4/c1-9(20)19-8-11-14-10(5-6-12(21)15(14)22)13(7-18)23-16(11)17(2,3)4/h5-6,11,13,16,21-22H,7-8,18H2,1-4H3,(H,19,20). The van der Waals surface area contributed by atoms with Crippen molar-refractivity contribution in [2.75, 3.05) is 13.1 Å². The number of nitrogens with two attached hydrogens (primary N) is 1. The van der Waals surface area contributed by atoms with Crippen LogP contribution in [-0.2, 0) is 9.53 Å². The average Bonchev–Trinajstić information content (AvgIpc) is 2.46. The van der Waals surface area contributed by atoms with E-state index >= 15 is 0 Å². The van der Waals surface area contributed by atoms with Crippen LogP contribution in [0.5, 0.6) is 11.5 Å². The lowest BCUT2D eigenvalue weighted by molar-refractivity contribution is -0.120. The first-order valence-electron chi connectivity index (χ1n) is 7.81. The molecule has 23 heavy (non-hydrogen) atoms. The largest absolute Gasteiger partial charge is 0.504 e. The van der Waals surface area contributed by atoms with Crippen molar-refractivity contribution in [3.8, 4) is 11.5 Å². The zero-order valence-electron chi connectivity index (χ0n) is 14.1. The molecule has 3 unspecified atom stereocenters. The number of ether oxygens (including phenoxy) is 1. The van der Waals surface area contributed by atoms with E-state index in [4.69, 9.17) is 10.5 Å². The van der Waals surface area contributed by atoms with Gasteiger partial charge in [0.25, 0.3) is 0 Å². The number of benzene rings is 1. The van der Waals surface area contributed by atoms with E-state index in [1.807, 2.05) is 20.8 Å². The number of phenolic OH excluding ortho intramolecular Hbond substituents is 2. The first-order valence-corrected chi connectivity index (χ1v) is 7.81. The highest BCUT2D eigenvalue weighted by Crippen LogP contribution is 2.49. The number of fused-ring (bicyclic) bond motifs is 1. The molecule has 0 fully saturated rings. The van der Waals surface area contributed by atoms with Gasteiger partial charge in [-0.15, -0.1) is 0 Å². The first-order chi connectivity index (χ1) is 10.7. The van der Waals surface area contributed by atoms with Crippen LogP contribution >= 0.6 is 0 Å². The summed E-state index contributed by atoms with van der Waals surface area (Å²) in [4.78, 5) is 11.3. The van der Waals surface area contributed by atoms with Gasteiger partial charge >= 0.3 is 0 Å². The van der Waals surface area contributed by atoms with E-state index in [2.05, 4.69) is 5.32 Å². The molecular formula is C17H26N2O4. The molecule has 128 valence electrons. The van der Waals surface area contributed by atoms with Gasteiger partial charge in [-0.3, -0.25) is 4.79 Å². The molecule has 1 aromatic carbocycles. The fourth-order valence-corrected chi connectivity index (χ4v) is 3.23. The molecule has 0 aromatic heterocycles. The van der Waals surface area contributed by atoms with Crippen LogP contribution in [0, 0.1) is 5.41 Å². The maximum atomic E-state index is 11.3. The average molecular weight is 322 g/mol. The van der Waals surface area contributed by atoms with E-state index in [9.17, 15) is 15.0 Å². The zero-order valence-corrected chi connectivity index (χ0v) is 14.1. The Hall–Kier alpha value is -1.79. The first kappa shape index (κ1) is 17.6. The normalized spacial score (nSPS) is 24.1. The van der Waals surface area contributed by atoms with Gasteiger partial charge in [0.1, 0.15) is 0 Å². The van der Waals surface area contributed by atoms with Gasteiger partial charge in [-0.05, 0) is 17.0 Å². The molecule has 0 saturated carbocycles. The molecule has 0 aliphatic carbocycles. The van der Waals surface area contributed by atoms with Gasteiger partial charge in [0.15, 0.2) is 11.5 Å². The number of amides is 1. The van der Waals surface area contributed by atoms with E-state index in [0.717, 1.165) is 5.56 Å².